The molecule has 0 saturated carbocycles. The zero-order valence-corrected chi connectivity index (χ0v) is 17.1. The summed E-state index contributed by atoms with van der Waals surface area (Å²) in [5.41, 5.74) is -0.550. The lowest BCUT2D eigenvalue weighted by atomic mass is 10.1. The largest absolute Gasteiger partial charge is 0.377 e. The van der Waals surface area contributed by atoms with E-state index in [1.807, 2.05) is 10.6 Å². The highest BCUT2D eigenvalue weighted by molar-refractivity contribution is 7.87. The van der Waals surface area contributed by atoms with E-state index in [-0.39, 0.29) is 26.3 Å². The summed E-state index contributed by atoms with van der Waals surface area (Å²) in [6.07, 6.45) is 1.00. The number of amides is 4. The van der Waals surface area contributed by atoms with Crippen LogP contribution >= 0.6 is 34.8 Å². The molecule has 1 fully saturated rings. The van der Waals surface area contributed by atoms with Crippen LogP contribution in [-0.4, -0.2) is 26.3 Å². The van der Waals surface area contributed by atoms with Gasteiger partial charge >= 0.3 is 16.1 Å². The molecule has 0 radical (unpaired) electrons. The van der Waals surface area contributed by atoms with Gasteiger partial charge in [0.05, 0.1) is 5.02 Å². The molecule has 150 valence electrons. The number of imide groups is 2. The molecule has 1 heterocycles. The maximum Gasteiger partial charge on any atom is 0.339 e. The van der Waals surface area contributed by atoms with Crippen LogP contribution in [0.4, 0.5) is 4.79 Å². The maximum atomic E-state index is 12.6. The highest BCUT2D eigenvalue weighted by atomic mass is 35.5. The number of carbonyl (C=O) groups is 3. The first-order valence-corrected chi connectivity index (χ1v) is 10.2. The van der Waals surface area contributed by atoms with Gasteiger partial charge in [-0.25, -0.2) is 4.79 Å². The number of hydrogen-bond acceptors (Lipinski definition) is 6. The van der Waals surface area contributed by atoms with Gasteiger partial charge in [-0.3, -0.25) is 20.2 Å². The van der Waals surface area contributed by atoms with Crippen LogP contribution in [0, 0.1) is 0 Å². The van der Waals surface area contributed by atoms with Crippen molar-refractivity contribution in [2.75, 3.05) is 0 Å². The monoisotopic (exact) mass is 474 g/mol. The molecule has 0 aliphatic carbocycles. The second-order valence-corrected chi connectivity index (χ2v) is 8.42. The van der Waals surface area contributed by atoms with E-state index < -0.39 is 33.5 Å². The third-order valence-electron chi connectivity index (χ3n) is 3.58. The van der Waals surface area contributed by atoms with Crippen LogP contribution < -0.4 is 14.8 Å². The molecule has 3 rings (SSSR count). The van der Waals surface area contributed by atoms with Crippen LogP contribution in [0.15, 0.2) is 46.9 Å². The molecule has 0 unspecified atom stereocenters. The molecule has 2 N–H and O–H groups in total. The van der Waals surface area contributed by atoms with Crippen LogP contribution in [0.1, 0.15) is 5.56 Å². The zero-order valence-electron chi connectivity index (χ0n) is 14.0. The topological polar surface area (TPSA) is 119 Å². The Kier molecular flexibility index (Phi) is 5.85. The molecule has 0 spiro atoms. The Balaban J connectivity index is 2.07. The summed E-state index contributed by atoms with van der Waals surface area (Å²) in [7, 11) is -4.34. The van der Waals surface area contributed by atoms with Crippen molar-refractivity contribution in [1.82, 2.24) is 10.6 Å². The average Bonchev–Trinajstić information content (AvgIpc) is 2.61. The molecule has 2 aromatic rings. The first-order chi connectivity index (χ1) is 13.6. The molecule has 12 heteroatoms. The first-order valence-electron chi connectivity index (χ1n) is 7.64. The fraction of sp³-hybridized carbons (Fsp3) is 0. The van der Waals surface area contributed by atoms with Crippen molar-refractivity contribution in [3.63, 3.8) is 0 Å². The maximum absolute atomic E-state index is 12.6. The summed E-state index contributed by atoms with van der Waals surface area (Å²) >= 11 is 17.8. The van der Waals surface area contributed by atoms with Gasteiger partial charge in [-0.2, -0.15) is 8.42 Å². The molecular formula is C17H9Cl3N2O6S. The number of rotatable bonds is 4. The number of nitrogens with one attached hydrogen (secondary N) is 2. The van der Waals surface area contributed by atoms with E-state index in [0.717, 1.165) is 6.08 Å². The van der Waals surface area contributed by atoms with Crippen LogP contribution in [0.25, 0.3) is 6.08 Å². The Labute approximate surface area is 179 Å². The Morgan fingerprint density at radius 2 is 1.45 bits per heavy atom. The van der Waals surface area contributed by atoms with Crippen molar-refractivity contribution in [2.24, 2.45) is 0 Å². The summed E-state index contributed by atoms with van der Waals surface area (Å²) in [6, 6.07) is 6.66. The minimum Gasteiger partial charge on any atom is -0.377 e. The van der Waals surface area contributed by atoms with E-state index in [2.05, 4.69) is 0 Å². The lowest BCUT2D eigenvalue weighted by molar-refractivity contribution is -0.123. The minimum atomic E-state index is -4.34. The zero-order chi connectivity index (χ0) is 21.3. The van der Waals surface area contributed by atoms with E-state index in [9.17, 15) is 22.8 Å². The van der Waals surface area contributed by atoms with Crippen molar-refractivity contribution in [2.45, 2.75) is 4.90 Å². The van der Waals surface area contributed by atoms with Gasteiger partial charge in [-0.15, -0.1) is 0 Å². The highest BCUT2D eigenvalue weighted by Gasteiger charge is 2.29. The van der Waals surface area contributed by atoms with Crippen LogP contribution in [0.3, 0.4) is 0 Å². The van der Waals surface area contributed by atoms with Gasteiger partial charge in [0.25, 0.3) is 11.8 Å². The molecule has 1 aliphatic rings. The Hall–Kier alpha value is -2.59. The molecular weight excluding hydrogens is 467 g/mol. The lowest BCUT2D eigenvalue weighted by Gasteiger charge is -2.16. The van der Waals surface area contributed by atoms with Gasteiger partial charge in [-0.1, -0.05) is 34.8 Å². The van der Waals surface area contributed by atoms with Gasteiger partial charge in [0.15, 0.2) is 5.75 Å². The van der Waals surface area contributed by atoms with Gasteiger partial charge in [0, 0.05) is 15.6 Å². The number of carbonyl (C=O) groups excluding carboxylic acids is 3. The van der Waals surface area contributed by atoms with E-state index in [1.165, 1.54) is 36.4 Å². The molecule has 2 aromatic carbocycles. The normalized spacial score (nSPS) is 14.3. The third-order valence-corrected chi connectivity index (χ3v) is 5.56. The predicted molar refractivity (Wildman–Crippen MR) is 105 cm³/mol. The second-order valence-electron chi connectivity index (χ2n) is 5.59. The molecule has 4 amide bonds. The summed E-state index contributed by atoms with van der Waals surface area (Å²) in [5, 5.41) is 4.01. The number of halogens is 3. The summed E-state index contributed by atoms with van der Waals surface area (Å²) in [4.78, 5) is 34.9. The van der Waals surface area contributed by atoms with E-state index in [0.29, 0.717) is 5.02 Å². The molecule has 1 aliphatic heterocycles. The van der Waals surface area contributed by atoms with Gasteiger partial charge in [0.2, 0.25) is 0 Å². The average molecular weight is 476 g/mol. The molecule has 1 saturated heterocycles. The number of benzene rings is 2. The van der Waals surface area contributed by atoms with Crippen molar-refractivity contribution in [3.05, 3.63) is 62.6 Å². The smallest absolute Gasteiger partial charge is 0.339 e. The molecule has 0 atom stereocenters. The number of hydrogen-bond donors (Lipinski definition) is 2. The van der Waals surface area contributed by atoms with Gasteiger partial charge in [-0.05, 0) is 42.5 Å². The third kappa shape index (κ3) is 4.70. The molecule has 0 aromatic heterocycles. The van der Waals surface area contributed by atoms with E-state index >= 15 is 0 Å². The van der Waals surface area contributed by atoms with Gasteiger partial charge < -0.3 is 4.18 Å². The number of barbiturate groups is 1. The molecule has 0 bridgehead atoms. The SMILES string of the molecule is O=C1NC(=O)C(=Cc2cc(Cl)cc(Cl)c2OS(=O)(=O)c2ccc(Cl)cc2)C(=O)N1. The highest BCUT2D eigenvalue weighted by Crippen LogP contribution is 2.36. The minimum absolute atomic E-state index is 0.0744. The van der Waals surface area contributed by atoms with Crippen LogP contribution in [-0.2, 0) is 19.7 Å². The van der Waals surface area contributed by atoms with Crippen molar-refractivity contribution in [3.8, 4) is 5.75 Å². The Morgan fingerprint density at radius 1 is 0.862 bits per heavy atom. The fourth-order valence-electron chi connectivity index (χ4n) is 2.30. The standard InChI is InChI=1S/C17H9Cl3N2O6S/c18-9-1-3-11(4-2-9)29(26,27)28-14-8(5-10(19)7-13(14)20)6-12-15(23)21-17(25)22-16(12)24/h1-7H,(H2,21,22,23,24,25). The van der Waals surface area contributed by atoms with Crippen molar-refractivity contribution >= 4 is 68.8 Å². The summed E-state index contributed by atoms with van der Waals surface area (Å²) in [5.74, 6) is -2.33. The van der Waals surface area contributed by atoms with Crippen LogP contribution in [0.2, 0.25) is 15.1 Å². The van der Waals surface area contributed by atoms with Gasteiger partial charge in [0.1, 0.15) is 10.5 Å². The quantitative estimate of drug-likeness (QED) is 0.398. The van der Waals surface area contributed by atoms with Crippen molar-refractivity contribution in [1.29, 1.82) is 0 Å². The number of urea groups is 1. The summed E-state index contributed by atoms with van der Waals surface area (Å²) < 4.78 is 30.3. The fourth-order valence-corrected chi connectivity index (χ4v) is 3.99. The summed E-state index contributed by atoms with van der Waals surface area (Å²) in [6.45, 7) is 0. The lowest BCUT2D eigenvalue weighted by Crippen LogP contribution is -2.51. The first kappa shape index (κ1) is 21.1. The molecule has 29 heavy (non-hydrogen) atoms. The second kappa shape index (κ2) is 8.03. The van der Waals surface area contributed by atoms with Crippen LogP contribution in [0.5, 0.6) is 5.75 Å². The Morgan fingerprint density at radius 3 is 2.03 bits per heavy atom. The Bertz CT molecular complexity index is 1150. The van der Waals surface area contributed by atoms with Crippen molar-refractivity contribution < 1.29 is 27.0 Å². The van der Waals surface area contributed by atoms with E-state index in [4.69, 9.17) is 39.0 Å². The van der Waals surface area contributed by atoms with E-state index in [1.54, 1.807) is 0 Å². The molecule has 8 nitrogen and oxygen atoms in total. The predicted octanol–water partition coefficient (Wildman–Crippen LogP) is 3.16.